The molecule has 110 valence electrons. The van der Waals surface area contributed by atoms with Crippen molar-refractivity contribution in [1.82, 2.24) is 9.55 Å². The maximum absolute atomic E-state index is 10.7. The summed E-state index contributed by atoms with van der Waals surface area (Å²) in [6.07, 6.45) is 1.94. The molecule has 1 N–H and O–H groups in total. The molecule has 0 bridgehead atoms. The Hall–Kier alpha value is -1.92. The van der Waals surface area contributed by atoms with Crippen LogP contribution in [0.25, 0.3) is 11.4 Å². The number of nitrogens with zero attached hydrogens (tertiary/aromatic N) is 3. The van der Waals surface area contributed by atoms with Crippen molar-refractivity contribution < 1.29 is 5.11 Å². The Morgan fingerprint density at radius 3 is 2.68 bits per heavy atom. The fourth-order valence-electron chi connectivity index (χ4n) is 3.27. The van der Waals surface area contributed by atoms with Gasteiger partial charge in [0, 0.05) is 46.8 Å². The molecule has 22 heavy (non-hydrogen) atoms. The first-order valence-electron chi connectivity index (χ1n) is 7.30. The number of rotatable bonds is 1. The summed E-state index contributed by atoms with van der Waals surface area (Å²) in [5, 5.41) is 14.9. The topological polar surface area (TPSA) is 50.4 Å². The molecule has 2 aliphatic heterocycles. The highest BCUT2D eigenvalue weighted by molar-refractivity contribution is 7.10. The van der Waals surface area contributed by atoms with Crippen LogP contribution in [0.3, 0.4) is 0 Å². The average molecular weight is 327 g/mol. The summed E-state index contributed by atoms with van der Waals surface area (Å²) in [5.74, 6) is 1.13. The van der Waals surface area contributed by atoms with Crippen molar-refractivity contribution in [3.05, 3.63) is 43.9 Å². The van der Waals surface area contributed by atoms with Crippen LogP contribution in [0.1, 0.15) is 21.0 Å². The molecule has 2 aliphatic rings. The number of aromatic nitrogens is 2. The molecular formula is C16H13N3OS2. The van der Waals surface area contributed by atoms with Crippen LogP contribution < -0.4 is 0 Å². The van der Waals surface area contributed by atoms with Crippen molar-refractivity contribution in [3.8, 4) is 17.3 Å². The number of aromatic hydroxyl groups is 1. The number of aliphatic imine (C=N–C) groups is 1. The number of fused-ring (bicyclic) bond motifs is 4. The minimum atomic E-state index is 0.254. The molecule has 0 saturated heterocycles. The minimum Gasteiger partial charge on any atom is -0.493 e. The molecule has 0 spiro atoms. The van der Waals surface area contributed by atoms with E-state index in [1.54, 1.807) is 22.7 Å². The zero-order valence-electron chi connectivity index (χ0n) is 11.7. The van der Waals surface area contributed by atoms with Crippen LogP contribution in [0.15, 0.2) is 27.9 Å². The van der Waals surface area contributed by atoms with E-state index in [1.807, 2.05) is 4.57 Å². The Labute approximate surface area is 135 Å². The third-order valence-corrected chi connectivity index (χ3v) is 6.28. The lowest BCUT2D eigenvalue weighted by Crippen LogP contribution is -2.12. The SMILES string of the molecule is Oc1c(C2=NCCc3sccc32)nc2n1CCc1sccc1-2. The smallest absolute Gasteiger partial charge is 0.221 e. The van der Waals surface area contributed by atoms with Gasteiger partial charge in [-0.15, -0.1) is 22.7 Å². The summed E-state index contributed by atoms with van der Waals surface area (Å²) in [5.41, 5.74) is 3.76. The second-order valence-electron chi connectivity index (χ2n) is 5.50. The standard InChI is InChI=1S/C16H13N3OS2/c20-16-14(13-9-3-7-21-11(9)1-5-17-13)18-15-10-4-8-22-12(10)2-6-19(15)16/h3-4,7-8,20H,1-2,5-6H2. The van der Waals surface area contributed by atoms with Crippen molar-refractivity contribution in [2.75, 3.05) is 6.54 Å². The van der Waals surface area contributed by atoms with E-state index in [2.05, 4.69) is 27.9 Å². The van der Waals surface area contributed by atoms with Gasteiger partial charge in [0.15, 0.2) is 5.69 Å². The Kier molecular flexibility index (Phi) is 2.60. The lowest BCUT2D eigenvalue weighted by molar-refractivity contribution is 0.416. The molecule has 0 saturated carbocycles. The molecule has 0 atom stereocenters. The molecule has 0 radical (unpaired) electrons. The summed E-state index contributed by atoms with van der Waals surface area (Å²) in [7, 11) is 0. The van der Waals surface area contributed by atoms with E-state index in [1.165, 1.54) is 9.75 Å². The van der Waals surface area contributed by atoms with Gasteiger partial charge in [0.1, 0.15) is 5.82 Å². The maximum atomic E-state index is 10.7. The molecule has 5 rings (SSSR count). The van der Waals surface area contributed by atoms with Crippen LogP contribution in [-0.4, -0.2) is 26.9 Å². The molecule has 6 heteroatoms. The fourth-order valence-corrected chi connectivity index (χ4v) is 5.00. The summed E-state index contributed by atoms with van der Waals surface area (Å²) >= 11 is 3.53. The monoisotopic (exact) mass is 327 g/mol. The van der Waals surface area contributed by atoms with Crippen LogP contribution >= 0.6 is 22.7 Å². The fraction of sp³-hybridized carbons (Fsp3) is 0.250. The van der Waals surface area contributed by atoms with Gasteiger partial charge in [-0.3, -0.25) is 9.56 Å². The Morgan fingerprint density at radius 2 is 1.82 bits per heavy atom. The van der Waals surface area contributed by atoms with Gasteiger partial charge in [-0.2, -0.15) is 0 Å². The Morgan fingerprint density at radius 1 is 1.05 bits per heavy atom. The molecular weight excluding hydrogens is 314 g/mol. The van der Waals surface area contributed by atoms with Gasteiger partial charge in [0.2, 0.25) is 5.88 Å². The van der Waals surface area contributed by atoms with Crippen molar-refractivity contribution >= 4 is 28.4 Å². The van der Waals surface area contributed by atoms with Crippen molar-refractivity contribution in [1.29, 1.82) is 0 Å². The minimum absolute atomic E-state index is 0.254. The summed E-state index contributed by atoms with van der Waals surface area (Å²) in [6, 6.07) is 4.19. The summed E-state index contributed by atoms with van der Waals surface area (Å²) in [4.78, 5) is 12.1. The Balaban J connectivity index is 1.71. The summed E-state index contributed by atoms with van der Waals surface area (Å²) < 4.78 is 1.92. The van der Waals surface area contributed by atoms with Crippen LogP contribution in [0.4, 0.5) is 0 Å². The van der Waals surface area contributed by atoms with Crippen LogP contribution in [-0.2, 0) is 19.4 Å². The number of hydrogen-bond acceptors (Lipinski definition) is 5. The van der Waals surface area contributed by atoms with Crippen molar-refractivity contribution in [3.63, 3.8) is 0 Å². The second kappa shape index (κ2) is 4.54. The molecule has 4 nitrogen and oxygen atoms in total. The predicted octanol–water partition coefficient (Wildman–Crippen LogP) is 3.33. The van der Waals surface area contributed by atoms with Gasteiger partial charge >= 0.3 is 0 Å². The van der Waals surface area contributed by atoms with Crippen molar-refractivity contribution in [2.24, 2.45) is 4.99 Å². The van der Waals surface area contributed by atoms with E-state index in [-0.39, 0.29) is 5.88 Å². The third-order valence-electron chi connectivity index (χ3n) is 4.32. The molecule has 3 aromatic heterocycles. The lowest BCUT2D eigenvalue weighted by Gasteiger charge is -2.14. The highest BCUT2D eigenvalue weighted by atomic mass is 32.1. The van der Waals surface area contributed by atoms with E-state index in [9.17, 15) is 5.11 Å². The van der Waals surface area contributed by atoms with Gasteiger partial charge in [0.25, 0.3) is 0 Å². The van der Waals surface area contributed by atoms with E-state index >= 15 is 0 Å². The van der Waals surface area contributed by atoms with Crippen molar-refractivity contribution in [2.45, 2.75) is 19.4 Å². The molecule has 0 fully saturated rings. The van der Waals surface area contributed by atoms with Crippen LogP contribution in [0.5, 0.6) is 5.88 Å². The number of thiophene rings is 2. The molecule has 0 aliphatic carbocycles. The van der Waals surface area contributed by atoms with Gasteiger partial charge in [0.05, 0.1) is 5.71 Å². The number of aryl methyl sites for hydroxylation is 1. The Bertz CT molecular complexity index is 916. The average Bonchev–Trinajstić information content (AvgIpc) is 3.24. The largest absolute Gasteiger partial charge is 0.493 e. The molecule has 0 unspecified atom stereocenters. The predicted molar refractivity (Wildman–Crippen MR) is 89.4 cm³/mol. The number of imidazole rings is 1. The molecule has 0 aromatic carbocycles. The van der Waals surface area contributed by atoms with Gasteiger partial charge in [-0.05, 0) is 22.9 Å². The zero-order valence-corrected chi connectivity index (χ0v) is 13.4. The second-order valence-corrected chi connectivity index (χ2v) is 7.51. The number of hydrogen-bond donors (Lipinski definition) is 1. The first kappa shape index (κ1) is 12.6. The normalized spacial score (nSPS) is 15.9. The van der Waals surface area contributed by atoms with Gasteiger partial charge in [-0.1, -0.05) is 0 Å². The van der Waals surface area contributed by atoms with E-state index in [0.717, 1.165) is 48.6 Å². The molecule has 3 aromatic rings. The summed E-state index contributed by atoms with van der Waals surface area (Å²) in [6.45, 7) is 1.56. The van der Waals surface area contributed by atoms with E-state index < -0.39 is 0 Å². The maximum Gasteiger partial charge on any atom is 0.221 e. The highest BCUT2D eigenvalue weighted by Gasteiger charge is 2.28. The lowest BCUT2D eigenvalue weighted by atomic mass is 10.0. The third kappa shape index (κ3) is 1.62. The zero-order chi connectivity index (χ0) is 14.7. The van der Waals surface area contributed by atoms with Gasteiger partial charge < -0.3 is 5.11 Å². The highest BCUT2D eigenvalue weighted by Crippen LogP contribution is 2.38. The van der Waals surface area contributed by atoms with E-state index in [4.69, 9.17) is 4.98 Å². The van der Waals surface area contributed by atoms with E-state index in [0.29, 0.717) is 5.69 Å². The molecule has 0 amide bonds. The first-order valence-corrected chi connectivity index (χ1v) is 9.06. The van der Waals surface area contributed by atoms with Gasteiger partial charge in [-0.25, -0.2) is 4.98 Å². The van der Waals surface area contributed by atoms with Crippen LogP contribution in [0, 0.1) is 0 Å². The quantitative estimate of drug-likeness (QED) is 0.745. The molecule has 5 heterocycles. The first-order chi connectivity index (χ1) is 10.8. The van der Waals surface area contributed by atoms with Crippen LogP contribution in [0.2, 0.25) is 0 Å².